The van der Waals surface area contributed by atoms with Crippen LogP contribution in [0.1, 0.15) is 19.3 Å². The lowest BCUT2D eigenvalue weighted by Crippen LogP contribution is -2.49. The predicted octanol–water partition coefficient (Wildman–Crippen LogP) is -0.176. The van der Waals surface area contributed by atoms with E-state index in [9.17, 15) is 5.11 Å². The first-order valence-electron chi connectivity index (χ1n) is 4.86. The van der Waals surface area contributed by atoms with Crippen LogP contribution in [-0.4, -0.2) is 47.0 Å². The molecule has 0 amide bonds. The van der Waals surface area contributed by atoms with Crippen molar-refractivity contribution in [2.45, 2.75) is 31.4 Å². The highest BCUT2D eigenvalue weighted by Crippen LogP contribution is 2.31. The second-order valence-corrected chi connectivity index (χ2v) is 3.95. The first kappa shape index (κ1) is 8.48. The fraction of sp³-hybridized carbons (Fsp3) is 1.00. The molecule has 2 heterocycles. The standard InChI is InChI=1S/C9H17NO2/c11-6-7-8-2-1-4-10(8)5-3-9(7)12/h7-9,11-12H,1-6H2/t7-,8+,9+/m1/s1. The summed E-state index contributed by atoms with van der Waals surface area (Å²) in [6.07, 6.45) is 2.95. The molecule has 2 fully saturated rings. The topological polar surface area (TPSA) is 43.7 Å². The fourth-order valence-corrected chi connectivity index (χ4v) is 2.63. The molecule has 0 radical (unpaired) electrons. The number of nitrogens with zero attached hydrogens (tertiary/aromatic N) is 1. The summed E-state index contributed by atoms with van der Waals surface area (Å²) < 4.78 is 0. The molecule has 2 saturated heterocycles. The molecule has 2 rings (SSSR count). The number of hydrogen-bond acceptors (Lipinski definition) is 3. The monoisotopic (exact) mass is 171 g/mol. The Bertz CT molecular complexity index is 163. The number of hydrogen-bond donors (Lipinski definition) is 2. The number of fused-ring (bicyclic) bond motifs is 1. The number of aliphatic hydroxyl groups excluding tert-OH is 2. The molecule has 0 spiro atoms. The molecule has 0 aromatic rings. The highest BCUT2D eigenvalue weighted by atomic mass is 16.3. The Hall–Kier alpha value is -0.120. The van der Waals surface area contributed by atoms with E-state index < -0.39 is 0 Å². The SMILES string of the molecule is OC[C@H]1[C@@H](O)CCN2CCC[C@@H]12. The van der Waals surface area contributed by atoms with Crippen LogP contribution in [-0.2, 0) is 0 Å². The van der Waals surface area contributed by atoms with E-state index in [0.29, 0.717) is 6.04 Å². The maximum Gasteiger partial charge on any atom is 0.0617 e. The third-order valence-electron chi connectivity index (χ3n) is 3.33. The molecule has 3 nitrogen and oxygen atoms in total. The maximum absolute atomic E-state index is 9.63. The van der Waals surface area contributed by atoms with Crippen molar-refractivity contribution in [3.8, 4) is 0 Å². The molecular formula is C9H17NO2. The van der Waals surface area contributed by atoms with Gasteiger partial charge in [0.25, 0.3) is 0 Å². The zero-order valence-corrected chi connectivity index (χ0v) is 7.32. The summed E-state index contributed by atoms with van der Waals surface area (Å²) >= 11 is 0. The summed E-state index contributed by atoms with van der Waals surface area (Å²) in [6, 6.07) is 0.457. The van der Waals surface area contributed by atoms with E-state index in [1.807, 2.05) is 0 Å². The Morgan fingerprint density at radius 1 is 1.25 bits per heavy atom. The Labute approximate surface area is 73.0 Å². The minimum Gasteiger partial charge on any atom is -0.396 e. The molecule has 0 aromatic heterocycles. The zero-order chi connectivity index (χ0) is 8.55. The lowest BCUT2D eigenvalue weighted by molar-refractivity contribution is -0.0239. The number of piperidine rings is 1. The molecule has 0 saturated carbocycles. The third-order valence-corrected chi connectivity index (χ3v) is 3.33. The van der Waals surface area contributed by atoms with E-state index in [-0.39, 0.29) is 18.6 Å². The van der Waals surface area contributed by atoms with Crippen molar-refractivity contribution < 1.29 is 10.2 Å². The van der Waals surface area contributed by atoms with Gasteiger partial charge in [0.2, 0.25) is 0 Å². The molecule has 0 aromatic carbocycles. The smallest absolute Gasteiger partial charge is 0.0617 e. The second kappa shape index (κ2) is 3.32. The van der Waals surface area contributed by atoms with Crippen LogP contribution < -0.4 is 0 Å². The van der Waals surface area contributed by atoms with Gasteiger partial charge in [-0.3, -0.25) is 4.90 Å². The van der Waals surface area contributed by atoms with Crippen molar-refractivity contribution >= 4 is 0 Å². The highest BCUT2D eigenvalue weighted by Gasteiger charge is 2.38. The summed E-state index contributed by atoms with van der Waals surface area (Å²) in [5.41, 5.74) is 0. The third kappa shape index (κ3) is 1.26. The van der Waals surface area contributed by atoms with Crippen molar-refractivity contribution in [2.75, 3.05) is 19.7 Å². The van der Waals surface area contributed by atoms with Gasteiger partial charge in [0.05, 0.1) is 6.10 Å². The summed E-state index contributed by atoms with van der Waals surface area (Å²) in [5.74, 6) is 0.112. The summed E-state index contributed by atoms with van der Waals surface area (Å²) in [4.78, 5) is 2.41. The average molecular weight is 171 g/mol. The molecule has 12 heavy (non-hydrogen) atoms. The van der Waals surface area contributed by atoms with Crippen molar-refractivity contribution in [3.63, 3.8) is 0 Å². The van der Waals surface area contributed by atoms with Crippen molar-refractivity contribution in [1.29, 1.82) is 0 Å². The average Bonchev–Trinajstić information content (AvgIpc) is 2.52. The lowest BCUT2D eigenvalue weighted by Gasteiger charge is -2.39. The molecule has 3 heteroatoms. The van der Waals surface area contributed by atoms with Crippen LogP contribution in [0.2, 0.25) is 0 Å². The molecule has 0 aliphatic carbocycles. The summed E-state index contributed by atoms with van der Waals surface area (Å²) in [6.45, 7) is 2.32. The van der Waals surface area contributed by atoms with E-state index >= 15 is 0 Å². The number of aliphatic hydroxyl groups is 2. The molecule has 2 aliphatic heterocycles. The lowest BCUT2D eigenvalue weighted by atomic mass is 9.87. The van der Waals surface area contributed by atoms with Crippen LogP contribution in [0.25, 0.3) is 0 Å². The first-order valence-corrected chi connectivity index (χ1v) is 4.86. The van der Waals surface area contributed by atoms with Gasteiger partial charge in [-0.05, 0) is 25.8 Å². The van der Waals surface area contributed by atoms with Crippen molar-refractivity contribution in [1.82, 2.24) is 4.90 Å². The molecule has 3 atom stereocenters. The van der Waals surface area contributed by atoms with Gasteiger partial charge in [-0.1, -0.05) is 0 Å². The Morgan fingerprint density at radius 2 is 2.08 bits per heavy atom. The molecule has 0 unspecified atom stereocenters. The number of rotatable bonds is 1. The van der Waals surface area contributed by atoms with E-state index in [4.69, 9.17) is 5.11 Å². The zero-order valence-electron chi connectivity index (χ0n) is 7.32. The molecule has 2 N–H and O–H groups in total. The van der Waals surface area contributed by atoms with E-state index in [2.05, 4.69) is 4.90 Å². The van der Waals surface area contributed by atoms with Crippen LogP contribution in [0.5, 0.6) is 0 Å². The normalized spacial score (nSPS) is 43.0. The van der Waals surface area contributed by atoms with Crippen molar-refractivity contribution in [3.05, 3.63) is 0 Å². The summed E-state index contributed by atoms with van der Waals surface area (Å²) in [5, 5.41) is 18.8. The Balaban J connectivity index is 2.06. The summed E-state index contributed by atoms with van der Waals surface area (Å²) in [7, 11) is 0. The fourth-order valence-electron chi connectivity index (χ4n) is 2.63. The first-order chi connectivity index (χ1) is 5.83. The quantitative estimate of drug-likeness (QED) is 0.575. The van der Waals surface area contributed by atoms with Crippen molar-refractivity contribution in [2.24, 2.45) is 5.92 Å². The second-order valence-electron chi connectivity index (χ2n) is 3.95. The van der Waals surface area contributed by atoms with Crippen LogP contribution >= 0.6 is 0 Å². The van der Waals surface area contributed by atoms with Gasteiger partial charge in [-0.15, -0.1) is 0 Å². The van der Waals surface area contributed by atoms with E-state index in [0.717, 1.165) is 25.9 Å². The van der Waals surface area contributed by atoms with Gasteiger partial charge in [-0.2, -0.15) is 0 Å². The van der Waals surface area contributed by atoms with Gasteiger partial charge < -0.3 is 10.2 Å². The minimum atomic E-state index is -0.269. The van der Waals surface area contributed by atoms with E-state index in [1.54, 1.807) is 0 Å². The largest absolute Gasteiger partial charge is 0.396 e. The van der Waals surface area contributed by atoms with E-state index in [1.165, 1.54) is 6.42 Å². The van der Waals surface area contributed by atoms with Gasteiger partial charge >= 0.3 is 0 Å². The van der Waals surface area contributed by atoms with Crippen LogP contribution in [0.3, 0.4) is 0 Å². The van der Waals surface area contributed by atoms with Gasteiger partial charge in [0, 0.05) is 25.1 Å². The Kier molecular flexibility index (Phi) is 2.35. The molecule has 2 aliphatic rings. The molecular weight excluding hydrogens is 154 g/mol. The minimum absolute atomic E-state index is 0.112. The highest BCUT2D eigenvalue weighted by molar-refractivity contribution is 4.92. The van der Waals surface area contributed by atoms with Crippen LogP contribution in [0.4, 0.5) is 0 Å². The molecule has 0 bridgehead atoms. The molecule has 70 valence electrons. The Morgan fingerprint density at radius 3 is 2.83 bits per heavy atom. The van der Waals surface area contributed by atoms with Gasteiger partial charge in [0.15, 0.2) is 0 Å². The van der Waals surface area contributed by atoms with Gasteiger partial charge in [0.1, 0.15) is 0 Å². The van der Waals surface area contributed by atoms with Gasteiger partial charge in [-0.25, -0.2) is 0 Å². The van der Waals surface area contributed by atoms with Crippen LogP contribution in [0.15, 0.2) is 0 Å². The predicted molar refractivity (Wildman–Crippen MR) is 45.8 cm³/mol. The van der Waals surface area contributed by atoms with Crippen LogP contribution in [0, 0.1) is 5.92 Å². The maximum atomic E-state index is 9.63.